The van der Waals surface area contributed by atoms with E-state index in [1.807, 2.05) is 13.8 Å². The van der Waals surface area contributed by atoms with Crippen LogP contribution in [0.25, 0.3) is 0 Å². The van der Waals surface area contributed by atoms with Gasteiger partial charge in [0.1, 0.15) is 5.75 Å². The van der Waals surface area contributed by atoms with E-state index in [0.29, 0.717) is 31.0 Å². The van der Waals surface area contributed by atoms with Crippen LogP contribution in [0.2, 0.25) is 0 Å². The summed E-state index contributed by atoms with van der Waals surface area (Å²) in [5.41, 5.74) is 0.196. The summed E-state index contributed by atoms with van der Waals surface area (Å²) < 4.78 is 10.6. The number of rotatable bonds is 5. The van der Waals surface area contributed by atoms with Crippen LogP contribution in [0.15, 0.2) is 12.1 Å². The Kier molecular flexibility index (Phi) is 3.97. The molecule has 0 bridgehead atoms. The lowest BCUT2D eigenvalue weighted by Crippen LogP contribution is -1.99. The Bertz CT molecular complexity index is 347. The van der Waals surface area contributed by atoms with E-state index in [4.69, 9.17) is 9.47 Å². The molecule has 0 aliphatic heterocycles. The number of aldehydes is 1. The van der Waals surface area contributed by atoms with Gasteiger partial charge >= 0.3 is 0 Å². The second-order valence-corrected chi connectivity index (χ2v) is 2.84. The fraction of sp³-hybridized carbons (Fsp3) is 0.364. The molecule has 0 fully saturated rings. The van der Waals surface area contributed by atoms with Crippen molar-refractivity contribution in [1.82, 2.24) is 0 Å². The summed E-state index contributed by atoms with van der Waals surface area (Å²) in [5.74, 6) is 0.818. The average Bonchev–Trinajstić information content (AvgIpc) is 2.22. The van der Waals surface area contributed by atoms with Gasteiger partial charge in [0.25, 0.3) is 0 Å². The summed E-state index contributed by atoms with van der Waals surface area (Å²) >= 11 is 0. The monoisotopic (exact) mass is 210 g/mol. The van der Waals surface area contributed by atoms with E-state index < -0.39 is 0 Å². The standard InChI is InChI=1S/C11H14O4/c1-3-14-10-5-8(7-12)9(13)6-11(10)15-4-2/h5-7,13H,3-4H2,1-2H3. The van der Waals surface area contributed by atoms with Crippen molar-refractivity contribution >= 4 is 6.29 Å². The van der Waals surface area contributed by atoms with Crippen molar-refractivity contribution in [1.29, 1.82) is 0 Å². The molecule has 15 heavy (non-hydrogen) atoms. The fourth-order valence-electron chi connectivity index (χ4n) is 1.20. The van der Waals surface area contributed by atoms with Crippen LogP contribution in [0.1, 0.15) is 24.2 Å². The highest BCUT2D eigenvalue weighted by atomic mass is 16.5. The molecular formula is C11H14O4. The van der Waals surface area contributed by atoms with E-state index in [1.165, 1.54) is 12.1 Å². The number of hydrogen-bond donors (Lipinski definition) is 1. The fourth-order valence-corrected chi connectivity index (χ4v) is 1.20. The molecule has 0 spiro atoms. The SMILES string of the molecule is CCOc1cc(O)c(C=O)cc1OCC. The molecule has 0 saturated carbocycles. The van der Waals surface area contributed by atoms with Gasteiger partial charge < -0.3 is 14.6 Å². The van der Waals surface area contributed by atoms with Crippen LogP contribution in [0.5, 0.6) is 17.2 Å². The number of benzene rings is 1. The van der Waals surface area contributed by atoms with Crippen LogP contribution in [0.3, 0.4) is 0 Å². The highest BCUT2D eigenvalue weighted by molar-refractivity contribution is 5.81. The van der Waals surface area contributed by atoms with Crippen molar-refractivity contribution in [3.8, 4) is 17.2 Å². The van der Waals surface area contributed by atoms with Crippen LogP contribution in [-0.4, -0.2) is 24.6 Å². The first-order valence-electron chi connectivity index (χ1n) is 4.80. The molecule has 4 heteroatoms. The molecule has 1 rings (SSSR count). The minimum atomic E-state index is -0.100. The molecule has 4 nitrogen and oxygen atoms in total. The highest BCUT2D eigenvalue weighted by Gasteiger charge is 2.10. The summed E-state index contributed by atoms with van der Waals surface area (Å²) in [6.45, 7) is 4.62. The minimum absolute atomic E-state index is 0.100. The second-order valence-electron chi connectivity index (χ2n) is 2.84. The molecule has 0 amide bonds. The first-order valence-corrected chi connectivity index (χ1v) is 4.80. The number of phenolic OH excluding ortho intramolecular Hbond substituents is 1. The third-order valence-electron chi connectivity index (χ3n) is 1.82. The number of carbonyl (C=O) groups excluding carboxylic acids is 1. The van der Waals surface area contributed by atoms with Gasteiger partial charge in [0.05, 0.1) is 18.8 Å². The quantitative estimate of drug-likeness (QED) is 0.755. The van der Waals surface area contributed by atoms with Crippen LogP contribution < -0.4 is 9.47 Å². The smallest absolute Gasteiger partial charge is 0.164 e. The summed E-state index contributed by atoms with van der Waals surface area (Å²) in [6.07, 6.45) is 0.577. The molecule has 1 aromatic carbocycles. The first kappa shape index (κ1) is 11.4. The average molecular weight is 210 g/mol. The number of ether oxygens (including phenoxy) is 2. The molecule has 0 atom stereocenters. The lowest BCUT2D eigenvalue weighted by Gasteiger charge is -2.11. The van der Waals surface area contributed by atoms with Crippen molar-refractivity contribution in [3.63, 3.8) is 0 Å². The molecule has 0 aliphatic rings. The molecule has 0 aliphatic carbocycles. The van der Waals surface area contributed by atoms with Gasteiger partial charge in [-0.2, -0.15) is 0 Å². The van der Waals surface area contributed by atoms with Gasteiger partial charge in [0, 0.05) is 6.07 Å². The summed E-state index contributed by atoms with van der Waals surface area (Å²) in [5, 5.41) is 9.44. The molecule has 1 aromatic rings. The van der Waals surface area contributed by atoms with Gasteiger partial charge in [-0.3, -0.25) is 4.79 Å². The molecule has 1 N–H and O–H groups in total. The Labute approximate surface area is 88.4 Å². The van der Waals surface area contributed by atoms with E-state index in [2.05, 4.69) is 0 Å². The number of hydrogen-bond acceptors (Lipinski definition) is 4. The van der Waals surface area contributed by atoms with Gasteiger partial charge in [-0.1, -0.05) is 0 Å². The lowest BCUT2D eigenvalue weighted by molar-refractivity contribution is 0.112. The first-order chi connectivity index (χ1) is 7.22. The Morgan fingerprint density at radius 1 is 1.20 bits per heavy atom. The van der Waals surface area contributed by atoms with Crippen molar-refractivity contribution in [2.75, 3.05) is 13.2 Å². The maximum Gasteiger partial charge on any atom is 0.164 e. The van der Waals surface area contributed by atoms with Gasteiger partial charge in [-0.25, -0.2) is 0 Å². The van der Waals surface area contributed by atoms with Crippen molar-refractivity contribution in [2.24, 2.45) is 0 Å². The molecule has 82 valence electrons. The minimum Gasteiger partial charge on any atom is -0.507 e. The summed E-state index contributed by atoms with van der Waals surface area (Å²) in [6, 6.07) is 2.86. The molecule has 0 saturated heterocycles. The van der Waals surface area contributed by atoms with Crippen LogP contribution in [0, 0.1) is 0 Å². The maximum absolute atomic E-state index is 10.6. The number of aromatic hydroxyl groups is 1. The van der Waals surface area contributed by atoms with E-state index in [0.717, 1.165) is 0 Å². The van der Waals surface area contributed by atoms with Gasteiger partial charge in [-0.05, 0) is 19.9 Å². The van der Waals surface area contributed by atoms with Crippen LogP contribution in [-0.2, 0) is 0 Å². The van der Waals surface area contributed by atoms with Crippen molar-refractivity contribution in [3.05, 3.63) is 17.7 Å². The maximum atomic E-state index is 10.6. The third kappa shape index (κ3) is 2.62. The Hall–Kier alpha value is -1.71. The lowest BCUT2D eigenvalue weighted by atomic mass is 10.2. The number of carbonyl (C=O) groups is 1. The van der Waals surface area contributed by atoms with E-state index in [1.54, 1.807) is 0 Å². The van der Waals surface area contributed by atoms with Gasteiger partial charge in [0.2, 0.25) is 0 Å². The zero-order chi connectivity index (χ0) is 11.3. The van der Waals surface area contributed by atoms with E-state index >= 15 is 0 Å². The molecular weight excluding hydrogens is 196 g/mol. The highest BCUT2D eigenvalue weighted by Crippen LogP contribution is 2.33. The molecule has 0 unspecified atom stereocenters. The summed E-state index contributed by atoms with van der Waals surface area (Å²) in [7, 11) is 0. The molecule has 0 radical (unpaired) electrons. The zero-order valence-electron chi connectivity index (χ0n) is 8.82. The van der Waals surface area contributed by atoms with Crippen LogP contribution >= 0.6 is 0 Å². The second kappa shape index (κ2) is 5.24. The Balaban J connectivity index is 3.12. The molecule has 0 heterocycles. The normalized spacial score (nSPS) is 9.73. The third-order valence-corrected chi connectivity index (χ3v) is 1.82. The number of phenols is 1. The van der Waals surface area contributed by atoms with Crippen LogP contribution in [0.4, 0.5) is 0 Å². The van der Waals surface area contributed by atoms with Gasteiger partial charge in [0.15, 0.2) is 17.8 Å². The van der Waals surface area contributed by atoms with E-state index in [-0.39, 0.29) is 11.3 Å². The zero-order valence-corrected chi connectivity index (χ0v) is 8.82. The van der Waals surface area contributed by atoms with Gasteiger partial charge in [-0.15, -0.1) is 0 Å². The Morgan fingerprint density at radius 2 is 1.73 bits per heavy atom. The predicted octanol–water partition coefficient (Wildman–Crippen LogP) is 2.00. The Morgan fingerprint density at radius 3 is 2.20 bits per heavy atom. The summed E-state index contributed by atoms with van der Waals surface area (Å²) in [4.78, 5) is 10.6. The molecule has 0 aromatic heterocycles. The largest absolute Gasteiger partial charge is 0.507 e. The predicted molar refractivity (Wildman–Crippen MR) is 55.8 cm³/mol. The van der Waals surface area contributed by atoms with Crippen molar-refractivity contribution in [2.45, 2.75) is 13.8 Å². The van der Waals surface area contributed by atoms with E-state index in [9.17, 15) is 9.90 Å². The van der Waals surface area contributed by atoms with Crippen molar-refractivity contribution < 1.29 is 19.4 Å². The topological polar surface area (TPSA) is 55.8 Å².